The van der Waals surface area contributed by atoms with Crippen molar-refractivity contribution >= 4 is 19.7 Å². The second-order valence-corrected chi connectivity index (χ2v) is 23.2. The van der Waals surface area contributed by atoms with E-state index in [0.717, 1.165) is 37.1 Å². The van der Waals surface area contributed by atoms with Crippen molar-refractivity contribution in [3.63, 3.8) is 0 Å². The molecule has 51 heavy (non-hydrogen) atoms. The van der Waals surface area contributed by atoms with Crippen LogP contribution in [0.3, 0.4) is 0 Å². The first-order chi connectivity index (χ1) is 23.4. The van der Waals surface area contributed by atoms with Crippen LogP contribution >= 0.6 is 0 Å². The third kappa shape index (κ3) is 12.5. The van der Waals surface area contributed by atoms with Crippen molar-refractivity contribution in [2.24, 2.45) is 69.2 Å². The summed E-state index contributed by atoms with van der Waals surface area (Å²) < 4.78 is 90.9. The van der Waals surface area contributed by atoms with Gasteiger partial charge in [0.15, 0.2) is 8.32 Å². The van der Waals surface area contributed by atoms with Gasteiger partial charge in [0.1, 0.15) is 0 Å². The minimum atomic E-state index is -4.21. The maximum atomic E-state index is 14.2. The highest BCUT2D eigenvalue weighted by Crippen LogP contribution is 2.49. The summed E-state index contributed by atoms with van der Waals surface area (Å²) in [4.78, 5) is 10.8. The van der Waals surface area contributed by atoms with Crippen LogP contribution in [0.5, 0.6) is 0 Å². The van der Waals surface area contributed by atoms with E-state index in [-0.39, 0.29) is 97.2 Å². The number of halogens is 6. The summed E-state index contributed by atoms with van der Waals surface area (Å²) in [6, 6.07) is -0.420. The van der Waals surface area contributed by atoms with Crippen LogP contribution in [0.2, 0.25) is 19.6 Å². The van der Waals surface area contributed by atoms with Crippen molar-refractivity contribution in [1.29, 1.82) is 0 Å². The zero-order valence-corrected chi connectivity index (χ0v) is 34.7. The van der Waals surface area contributed by atoms with E-state index in [1.807, 2.05) is 62.3 Å². The SMILES string of the molecule is CC(=NC1C(C(C)C)CC(C(F)(F)F)CC1C(C)C)C1CCCC(C(CCCO[Si](C)(C)C)=NC2C(C(C)C)CC(C(F)(F)F)CC2C(C)C)N1. The Morgan fingerprint density at radius 2 is 1.06 bits per heavy atom. The number of hydrogen-bond donors (Lipinski definition) is 1. The highest BCUT2D eigenvalue weighted by molar-refractivity contribution is 6.69. The van der Waals surface area contributed by atoms with Crippen molar-refractivity contribution < 1.29 is 30.8 Å². The summed E-state index contributed by atoms with van der Waals surface area (Å²) >= 11 is 0. The molecule has 3 fully saturated rings. The van der Waals surface area contributed by atoms with Crippen LogP contribution in [0.4, 0.5) is 26.3 Å². The molecule has 1 saturated heterocycles. The maximum Gasteiger partial charge on any atom is 0.391 e. The molecule has 3 rings (SSSR count). The van der Waals surface area contributed by atoms with Crippen molar-refractivity contribution in [2.45, 2.75) is 176 Å². The van der Waals surface area contributed by atoms with Gasteiger partial charge in [-0.05, 0) is 132 Å². The Bertz CT molecular complexity index is 1110. The molecule has 0 spiro atoms. The van der Waals surface area contributed by atoms with Crippen LogP contribution in [0.15, 0.2) is 9.98 Å². The molecule has 0 radical (unpaired) electrons. The number of nitrogens with one attached hydrogen (secondary N) is 1. The third-order valence-electron chi connectivity index (χ3n) is 12.4. The van der Waals surface area contributed by atoms with Crippen LogP contribution in [0.1, 0.15) is 120 Å². The Kier molecular flexibility index (Phi) is 15.8. The predicted molar refractivity (Wildman–Crippen MR) is 202 cm³/mol. The molecule has 4 nitrogen and oxygen atoms in total. The van der Waals surface area contributed by atoms with Crippen LogP contribution in [-0.2, 0) is 4.43 Å². The highest BCUT2D eigenvalue weighted by atomic mass is 28.4. The van der Waals surface area contributed by atoms with Crippen LogP contribution in [0, 0.1) is 59.2 Å². The topological polar surface area (TPSA) is 46.0 Å². The Hall–Kier alpha value is -0.943. The normalized spacial score (nSPS) is 33.9. The van der Waals surface area contributed by atoms with Crippen molar-refractivity contribution in [2.75, 3.05) is 6.61 Å². The lowest BCUT2D eigenvalue weighted by molar-refractivity contribution is -0.195. The minimum absolute atomic E-state index is 0.0316. The van der Waals surface area contributed by atoms with E-state index in [2.05, 4.69) is 25.0 Å². The van der Waals surface area contributed by atoms with Crippen LogP contribution in [0.25, 0.3) is 0 Å². The summed E-state index contributed by atoms with van der Waals surface area (Å²) in [6.45, 7) is 25.4. The van der Waals surface area contributed by atoms with E-state index >= 15 is 0 Å². The summed E-state index contributed by atoms with van der Waals surface area (Å²) in [6.07, 6.45) is -3.73. The van der Waals surface area contributed by atoms with Gasteiger partial charge in [0.05, 0.1) is 23.9 Å². The minimum Gasteiger partial charge on any atom is -0.418 e. The van der Waals surface area contributed by atoms with Gasteiger partial charge in [0, 0.05) is 30.1 Å². The van der Waals surface area contributed by atoms with E-state index in [0.29, 0.717) is 13.0 Å². The molecule has 6 unspecified atom stereocenters. The Balaban J connectivity index is 1.97. The van der Waals surface area contributed by atoms with E-state index < -0.39 is 32.5 Å². The molecule has 6 atom stereocenters. The zero-order chi connectivity index (χ0) is 38.6. The van der Waals surface area contributed by atoms with Gasteiger partial charge in [-0.15, -0.1) is 0 Å². The Morgan fingerprint density at radius 3 is 1.43 bits per heavy atom. The first kappa shape index (κ1) is 44.5. The molecule has 1 N–H and O–H groups in total. The van der Waals surface area contributed by atoms with Crippen molar-refractivity contribution in [3.8, 4) is 0 Å². The summed E-state index contributed by atoms with van der Waals surface area (Å²) in [5.41, 5.74) is 1.97. The van der Waals surface area contributed by atoms with E-state index in [4.69, 9.17) is 14.4 Å². The fourth-order valence-electron chi connectivity index (χ4n) is 9.29. The molecule has 0 aromatic carbocycles. The fourth-order valence-corrected chi connectivity index (χ4v) is 10.0. The first-order valence-corrected chi connectivity index (χ1v) is 23.5. The predicted octanol–water partition coefficient (Wildman–Crippen LogP) is 11.8. The number of rotatable bonds is 13. The molecule has 0 bridgehead atoms. The standard InChI is InChI=1S/C40H71F6N3OSi/c1-23(2)30-19-28(39(41,42)43)20-31(24(3)4)37(30)47-27(9)34-15-13-16-35(48-34)36(17-14-18-50-51(10,11)12)49-38-32(25(5)6)21-29(40(44,45)46)22-33(38)26(7)8/h23-26,28-35,37-38,48H,13-22H2,1-12H3. The molecule has 2 saturated carbocycles. The Labute approximate surface area is 307 Å². The first-order valence-electron chi connectivity index (χ1n) is 20.0. The summed E-state index contributed by atoms with van der Waals surface area (Å²) in [5, 5.41) is 3.88. The van der Waals surface area contributed by atoms with Gasteiger partial charge < -0.3 is 9.74 Å². The third-order valence-corrected chi connectivity index (χ3v) is 13.5. The molecule has 298 valence electrons. The molecule has 1 aliphatic heterocycles. The molecular weight excluding hydrogens is 681 g/mol. The second kappa shape index (κ2) is 18.1. The maximum absolute atomic E-state index is 14.2. The second-order valence-electron chi connectivity index (χ2n) is 18.7. The lowest BCUT2D eigenvalue weighted by Crippen LogP contribution is -2.52. The average molecular weight is 752 g/mol. The van der Waals surface area contributed by atoms with Gasteiger partial charge >= 0.3 is 12.4 Å². The largest absolute Gasteiger partial charge is 0.418 e. The van der Waals surface area contributed by atoms with Gasteiger partial charge in [-0.25, -0.2) is 0 Å². The molecule has 3 aliphatic rings. The van der Waals surface area contributed by atoms with Crippen LogP contribution < -0.4 is 5.32 Å². The number of aliphatic imine (C=N–C) groups is 2. The molecule has 11 heteroatoms. The molecule has 0 aromatic rings. The molecule has 1 heterocycles. The molecule has 0 amide bonds. The number of alkyl halides is 6. The van der Waals surface area contributed by atoms with E-state index in [1.165, 1.54) is 0 Å². The lowest BCUT2D eigenvalue weighted by atomic mass is 9.64. The number of nitrogens with zero attached hydrogens (tertiary/aromatic N) is 2. The molecule has 2 aliphatic carbocycles. The van der Waals surface area contributed by atoms with E-state index in [1.54, 1.807) is 0 Å². The van der Waals surface area contributed by atoms with Crippen molar-refractivity contribution in [3.05, 3.63) is 0 Å². The van der Waals surface area contributed by atoms with Gasteiger partial charge in [-0.1, -0.05) is 55.4 Å². The van der Waals surface area contributed by atoms with Crippen LogP contribution in [-0.4, -0.2) is 62.9 Å². The quantitative estimate of drug-likeness (QED) is 0.0881. The number of piperidine rings is 1. The Morgan fingerprint density at radius 1 is 0.667 bits per heavy atom. The lowest BCUT2D eigenvalue weighted by Gasteiger charge is -2.45. The van der Waals surface area contributed by atoms with Crippen molar-refractivity contribution in [1.82, 2.24) is 5.32 Å². The molecular formula is C40H71F6N3OSi. The van der Waals surface area contributed by atoms with Gasteiger partial charge in [-0.2, -0.15) is 26.3 Å². The number of hydrogen-bond acceptors (Lipinski definition) is 4. The van der Waals surface area contributed by atoms with Gasteiger partial charge in [0.25, 0.3) is 0 Å². The van der Waals surface area contributed by atoms with E-state index in [9.17, 15) is 26.3 Å². The fraction of sp³-hybridized carbons (Fsp3) is 0.950. The average Bonchev–Trinajstić information content (AvgIpc) is 3.00. The monoisotopic (exact) mass is 752 g/mol. The summed E-state index contributed by atoms with van der Waals surface area (Å²) in [5.74, 6) is -2.93. The molecule has 0 aromatic heterocycles. The summed E-state index contributed by atoms with van der Waals surface area (Å²) in [7, 11) is -1.72. The smallest absolute Gasteiger partial charge is 0.391 e. The highest BCUT2D eigenvalue weighted by Gasteiger charge is 2.51. The van der Waals surface area contributed by atoms with Gasteiger partial charge in [0.2, 0.25) is 0 Å². The van der Waals surface area contributed by atoms with Gasteiger partial charge in [-0.3, -0.25) is 9.98 Å². The zero-order valence-electron chi connectivity index (χ0n) is 33.7.